The van der Waals surface area contributed by atoms with Crippen molar-refractivity contribution in [3.63, 3.8) is 0 Å². The van der Waals surface area contributed by atoms with E-state index in [1.54, 1.807) is 18.5 Å². The van der Waals surface area contributed by atoms with Gasteiger partial charge in [-0.1, -0.05) is 48.8 Å². The first kappa shape index (κ1) is 22.6. The second-order valence-electron chi connectivity index (χ2n) is 9.15. The van der Waals surface area contributed by atoms with Crippen LogP contribution in [-0.4, -0.2) is 39.0 Å². The van der Waals surface area contributed by atoms with Crippen LogP contribution >= 0.6 is 0 Å². The summed E-state index contributed by atoms with van der Waals surface area (Å²) in [6.07, 6.45) is 6.97. The molecule has 3 heterocycles. The van der Waals surface area contributed by atoms with Gasteiger partial charge in [0.2, 0.25) is 5.95 Å². The van der Waals surface area contributed by atoms with E-state index in [0.717, 1.165) is 35.1 Å². The van der Waals surface area contributed by atoms with E-state index >= 15 is 0 Å². The van der Waals surface area contributed by atoms with Crippen molar-refractivity contribution in [3.8, 4) is 11.1 Å². The number of aromatic nitrogens is 4. The number of rotatable bonds is 5. The molecule has 172 valence electrons. The van der Waals surface area contributed by atoms with Crippen molar-refractivity contribution in [2.24, 2.45) is 5.92 Å². The molecule has 3 aromatic rings. The summed E-state index contributed by atoms with van der Waals surface area (Å²) in [6, 6.07) is 8.63. The molecule has 1 unspecified atom stereocenters. The molecule has 8 heteroatoms. The molecule has 2 aromatic heterocycles. The van der Waals surface area contributed by atoms with E-state index in [4.69, 9.17) is 15.2 Å². The van der Waals surface area contributed by atoms with E-state index in [9.17, 15) is 4.79 Å². The molecular formula is C25H30N6O2. The van der Waals surface area contributed by atoms with Crippen molar-refractivity contribution in [1.29, 1.82) is 0 Å². The van der Waals surface area contributed by atoms with Crippen LogP contribution in [0.4, 0.5) is 12.0 Å². The van der Waals surface area contributed by atoms with Gasteiger partial charge in [-0.05, 0) is 49.8 Å². The molecular weight excluding hydrogens is 416 g/mol. The largest absolute Gasteiger partial charge is 0.368 e. The van der Waals surface area contributed by atoms with Crippen LogP contribution in [0.15, 0.2) is 52.8 Å². The number of hydrogen-bond acceptors (Lipinski definition) is 8. The van der Waals surface area contributed by atoms with Crippen molar-refractivity contribution in [3.05, 3.63) is 59.7 Å². The highest BCUT2D eigenvalue weighted by Gasteiger charge is 2.38. The summed E-state index contributed by atoms with van der Waals surface area (Å²) < 4.78 is 5.66. The van der Waals surface area contributed by atoms with Crippen molar-refractivity contribution < 1.29 is 9.32 Å². The predicted octanol–water partition coefficient (Wildman–Crippen LogP) is 4.19. The van der Waals surface area contributed by atoms with Crippen molar-refractivity contribution in [2.75, 3.05) is 23.7 Å². The minimum Gasteiger partial charge on any atom is -0.368 e. The molecule has 1 atom stereocenters. The molecule has 0 fully saturated rings. The maximum absolute atomic E-state index is 12.3. The summed E-state index contributed by atoms with van der Waals surface area (Å²) in [7, 11) is 0. The van der Waals surface area contributed by atoms with Crippen LogP contribution in [0.5, 0.6) is 0 Å². The molecule has 0 aliphatic carbocycles. The minimum atomic E-state index is -0.471. The van der Waals surface area contributed by atoms with E-state index in [-0.39, 0.29) is 24.2 Å². The number of carbonyl (C=O) groups is 1. The number of nitrogens with two attached hydrogens (primary N) is 1. The third-order valence-corrected chi connectivity index (χ3v) is 6.55. The number of ketones is 1. The van der Waals surface area contributed by atoms with Gasteiger partial charge in [0.15, 0.2) is 11.6 Å². The Morgan fingerprint density at radius 3 is 2.48 bits per heavy atom. The van der Waals surface area contributed by atoms with Crippen LogP contribution < -0.4 is 10.6 Å². The van der Waals surface area contributed by atoms with Gasteiger partial charge in [-0.2, -0.15) is 4.98 Å². The second kappa shape index (κ2) is 9.13. The monoisotopic (exact) mass is 446 g/mol. The Hall–Kier alpha value is -3.55. The SMILES string of the molecule is CC1=CC(=O)CN(c2nc(C(C)(c3ccc(-c4cnc(N)nc4)cc3)C(C)C)no2)CCC1. The first-order valence-corrected chi connectivity index (χ1v) is 11.2. The van der Waals surface area contributed by atoms with Crippen LogP contribution in [0.3, 0.4) is 0 Å². The maximum Gasteiger partial charge on any atom is 0.324 e. The number of nitrogens with zero attached hydrogens (tertiary/aromatic N) is 5. The molecule has 2 N–H and O–H groups in total. The lowest BCUT2D eigenvalue weighted by Gasteiger charge is -2.31. The van der Waals surface area contributed by atoms with Gasteiger partial charge < -0.3 is 15.2 Å². The molecule has 0 saturated carbocycles. The number of carbonyl (C=O) groups excluding carboxylic acids is 1. The fraction of sp³-hybridized carbons (Fsp3) is 0.400. The molecule has 0 amide bonds. The molecule has 0 spiro atoms. The van der Waals surface area contributed by atoms with Crippen LogP contribution in [-0.2, 0) is 10.2 Å². The van der Waals surface area contributed by atoms with E-state index in [2.05, 4.69) is 48.0 Å². The maximum atomic E-state index is 12.3. The second-order valence-corrected chi connectivity index (χ2v) is 9.15. The van der Waals surface area contributed by atoms with E-state index in [1.165, 1.54) is 0 Å². The third kappa shape index (κ3) is 4.65. The number of allylic oxidation sites excluding steroid dienone is 1. The number of nitrogen functional groups attached to an aromatic ring is 1. The van der Waals surface area contributed by atoms with Crippen LogP contribution in [0.25, 0.3) is 11.1 Å². The van der Waals surface area contributed by atoms with Crippen LogP contribution in [0, 0.1) is 5.92 Å². The highest BCUT2D eigenvalue weighted by atomic mass is 16.5. The minimum absolute atomic E-state index is 0.0563. The first-order valence-electron chi connectivity index (χ1n) is 11.2. The van der Waals surface area contributed by atoms with Gasteiger partial charge >= 0.3 is 6.01 Å². The molecule has 1 aliphatic heterocycles. The summed E-state index contributed by atoms with van der Waals surface area (Å²) in [5.41, 5.74) is 9.22. The Bertz CT molecular complexity index is 1150. The van der Waals surface area contributed by atoms with Gasteiger partial charge in [0.25, 0.3) is 0 Å². The number of benzene rings is 1. The zero-order chi connectivity index (χ0) is 23.6. The Balaban J connectivity index is 1.62. The van der Waals surface area contributed by atoms with Gasteiger partial charge in [0.05, 0.1) is 12.0 Å². The smallest absolute Gasteiger partial charge is 0.324 e. The highest BCUT2D eigenvalue weighted by molar-refractivity contribution is 5.93. The fourth-order valence-electron chi connectivity index (χ4n) is 4.14. The zero-order valence-corrected chi connectivity index (χ0v) is 19.6. The van der Waals surface area contributed by atoms with E-state index in [1.807, 2.05) is 24.0 Å². The highest BCUT2D eigenvalue weighted by Crippen LogP contribution is 2.38. The molecule has 8 nitrogen and oxygen atoms in total. The zero-order valence-electron chi connectivity index (χ0n) is 19.6. The summed E-state index contributed by atoms with van der Waals surface area (Å²) in [5, 5.41) is 4.36. The first-order chi connectivity index (χ1) is 15.8. The van der Waals surface area contributed by atoms with Gasteiger partial charge in [-0.25, -0.2) is 9.97 Å². The lowest BCUT2D eigenvalue weighted by atomic mass is 9.72. The topological polar surface area (TPSA) is 111 Å². The van der Waals surface area contributed by atoms with Crippen molar-refractivity contribution in [1.82, 2.24) is 20.1 Å². The lowest BCUT2D eigenvalue weighted by Crippen LogP contribution is -2.33. The number of hydrogen-bond donors (Lipinski definition) is 1. The van der Waals surface area contributed by atoms with Gasteiger partial charge in [0.1, 0.15) is 0 Å². The van der Waals surface area contributed by atoms with Crippen LogP contribution in [0.2, 0.25) is 0 Å². The molecule has 4 rings (SSSR count). The average molecular weight is 447 g/mol. The Morgan fingerprint density at radius 2 is 1.82 bits per heavy atom. The Morgan fingerprint density at radius 1 is 1.12 bits per heavy atom. The third-order valence-electron chi connectivity index (χ3n) is 6.55. The quantitative estimate of drug-likeness (QED) is 0.621. The standard InChI is InChI=1S/C25H30N6O2/c1-16(2)25(4,20-9-7-18(8-10-20)19-13-27-23(26)28-14-19)22-29-24(33-30-22)31-11-5-6-17(3)12-21(32)15-31/h7-10,12-14,16H,5-6,11,15H2,1-4H3,(H2,26,27,28). The van der Waals surface area contributed by atoms with Crippen molar-refractivity contribution >= 4 is 17.7 Å². The average Bonchev–Trinajstić information content (AvgIpc) is 3.28. The lowest BCUT2D eigenvalue weighted by molar-refractivity contribution is -0.113. The van der Waals surface area contributed by atoms with Gasteiger partial charge in [0, 0.05) is 24.5 Å². The molecule has 0 saturated heterocycles. The summed E-state index contributed by atoms with van der Waals surface area (Å²) in [5.74, 6) is 1.12. The predicted molar refractivity (Wildman–Crippen MR) is 128 cm³/mol. The van der Waals surface area contributed by atoms with E-state index < -0.39 is 5.41 Å². The normalized spacial score (nSPS) is 16.8. The summed E-state index contributed by atoms with van der Waals surface area (Å²) in [4.78, 5) is 27.1. The molecule has 33 heavy (non-hydrogen) atoms. The van der Waals surface area contributed by atoms with Gasteiger partial charge in [-0.15, -0.1) is 0 Å². The fourth-order valence-corrected chi connectivity index (χ4v) is 4.14. The Labute approximate surface area is 193 Å². The molecule has 1 aliphatic rings. The van der Waals surface area contributed by atoms with Gasteiger partial charge in [-0.3, -0.25) is 4.79 Å². The van der Waals surface area contributed by atoms with Crippen molar-refractivity contribution in [2.45, 2.75) is 46.0 Å². The Kier molecular flexibility index (Phi) is 6.26. The molecule has 0 radical (unpaired) electrons. The molecule has 0 bridgehead atoms. The summed E-state index contributed by atoms with van der Waals surface area (Å²) in [6.45, 7) is 9.36. The van der Waals surface area contributed by atoms with Crippen LogP contribution in [0.1, 0.15) is 51.9 Å². The summed E-state index contributed by atoms with van der Waals surface area (Å²) >= 11 is 0. The molecule has 1 aromatic carbocycles. The number of anilines is 2. The van der Waals surface area contributed by atoms with E-state index in [0.29, 0.717) is 18.4 Å².